The Labute approximate surface area is 82.4 Å². The van der Waals surface area contributed by atoms with Crippen molar-refractivity contribution in [2.75, 3.05) is 0 Å². The molecule has 0 radical (unpaired) electrons. The Balaban J connectivity index is 2.07. The zero-order valence-electron chi connectivity index (χ0n) is 7.72. The van der Waals surface area contributed by atoms with E-state index in [1.807, 2.05) is 30.3 Å². The molecule has 3 heteroatoms. The molecule has 72 valence electrons. The molecule has 0 fully saturated rings. The minimum atomic E-state index is -0.484. The highest BCUT2D eigenvalue weighted by Crippen LogP contribution is 2.15. The minimum absolute atomic E-state index is 0.484. The molecule has 0 saturated heterocycles. The predicted molar refractivity (Wildman–Crippen MR) is 53.7 cm³/mol. The molecule has 1 unspecified atom stereocenters. The number of hydrogen-bond donors (Lipinski definition) is 2. The molecule has 1 atom stereocenters. The van der Waals surface area contributed by atoms with Crippen molar-refractivity contribution in [1.82, 2.24) is 9.97 Å². The second-order valence-corrected chi connectivity index (χ2v) is 3.17. The Kier molecular flexibility index (Phi) is 2.60. The van der Waals surface area contributed by atoms with Gasteiger partial charge in [-0.2, -0.15) is 0 Å². The fourth-order valence-corrected chi connectivity index (χ4v) is 1.39. The quantitative estimate of drug-likeness (QED) is 0.770. The summed E-state index contributed by atoms with van der Waals surface area (Å²) in [5.74, 6) is 0.807. The van der Waals surface area contributed by atoms with Gasteiger partial charge in [-0.15, -0.1) is 0 Å². The van der Waals surface area contributed by atoms with Gasteiger partial charge in [-0.3, -0.25) is 0 Å². The average molecular weight is 188 g/mol. The molecule has 1 aromatic heterocycles. The van der Waals surface area contributed by atoms with Gasteiger partial charge in [-0.05, 0) is 5.56 Å². The van der Waals surface area contributed by atoms with Gasteiger partial charge < -0.3 is 10.1 Å². The van der Waals surface area contributed by atoms with E-state index in [1.54, 1.807) is 12.4 Å². The van der Waals surface area contributed by atoms with Crippen LogP contribution in [0.15, 0.2) is 42.7 Å². The molecular weight excluding hydrogens is 176 g/mol. The molecule has 0 saturated carbocycles. The van der Waals surface area contributed by atoms with Gasteiger partial charge in [0.1, 0.15) is 5.82 Å². The number of benzene rings is 1. The lowest BCUT2D eigenvalue weighted by Gasteiger charge is -2.08. The highest BCUT2D eigenvalue weighted by Gasteiger charge is 2.08. The predicted octanol–water partition coefficient (Wildman–Crippen LogP) is 1.69. The molecule has 0 aliphatic heterocycles. The fourth-order valence-electron chi connectivity index (χ4n) is 1.39. The van der Waals surface area contributed by atoms with Gasteiger partial charge in [0, 0.05) is 18.8 Å². The molecule has 0 aliphatic rings. The van der Waals surface area contributed by atoms with Crippen LogP contribution >= 0.6 is 0 Å². The zero-order chi connectivity index (χ0) is 9.80. The van der Waals surface area contributed by atoms with E-state index in [2.05, 4.69) is 9.97 Å². The van der Waals surface area contributed by atoms with E-state index in [0.29, 0.717) is 6.42 Å². The zero-order valence-corrected chi connectivity index (χ0v) is 7.72. The summed E-state index contributed by atoms with van der Waals surface area (Å²) in [6.45, 7) is 0. The van der Waals surface area contributed by atoms with E-state index in [-0.39, 0.29) is 0 Å². The van der Waals surface area contributed by atoms with Crippen molar-refractivity contribution in [3.05, 3.63) is 54.1 Å². The van der Waals surface area contributed by atoms with E-state index >= 15 is 0 Å². The van der Waals surface area contributed by atoms with Gasteiger partial charge in [0.25, 0.3) is 0 Å². The number of H-pyrrole nitrogens is 1. The molecule has 2 aromatic rings. The number of nitrogens with one attached hydrogen (secondary N) is 1. The molecule has 1 aromatic carbocycles. The van der Waals surface area contributed by atoms with Crippen molar-refractivity contribution in [3.8, 4) is 0 Å². The molecule has 0 aliphatic carbocycles. The van der Waals surface area contributed by atoms with Crippen LogP contribution in [0.25, 0.3) is 0 Å². The first kappa shape index (κ1) is 8.97. The van der Waals surface area contributed by atoms with Crippen LogP contribution in [0.3, 0.4) is 0 Å². The van der Waals surface area contributed by atoms with Crippen LogP contribution in [-0.4, -0.2) is 15.1 Å². The molecule has 1 heterocycles. The largest absolute Gasteiger partial charge is 0.388 e. The van der Waals surface area contributed by atoms with E-state index in [4.69, 9.17) is 0 Å². The third kappa shape index (κ3) is 2.00. The standard InChI is InChI=1S/C11H12N2O/c14-10(8-11-12-6-7-13-11)9-4-2-1-3-5-9/h1-7,10,14H,8H2,(H,12,13). The molecule has 0 amide bonds. The Morgan fingerprint density at radius 2 is 2.07 bits per heavy atom. The van der Waals surface area contributed by atoms with Gasteiger partial charge in [0.15, 0.2) is 0 Å². The molecule has 2 rings (SSSR count). The lowest BCUT2D eigenvalue weighted by atomic mass is 10.1. The number of rotatable bonds is 3. The first-order valence-corrected chi connectivity index (χ1v) is 4.57. The smallest absolute Gasteiger partial charge is 0.108 e. The fraction of sp³-hybridized carbons (Fsp3) is 0.182. The van der Waals surface area contributed by atoms with Gasteiger partial charge in [0.05, 0.1) is 6.10 Å². The Hall–Kier alpha value is -1.61. The SMILES string of the molecule is OC(Cc1ncc[nH]1)c1ccccc1. The van der Waals surface area contributed by atoms with E-state index in [1.165, 1.54) is 0 Å². The molecule has 0 bridgehead atoms. The number of aliphatic hydroxyl groups excluding tert-OH is 1. The highest BCUT2D eigenvalue weighted by atomic mass is 16.3. The maximum absolute atomic E-state index is 9.83. The first-order valence-electron chi connectivity index (χ1n) is 4.57. The summed E-state index contributed by atoms with van der Waals surface area (Å²) in [7, 11) is 0. The number of aromatic nitrogens is 2. The number of aromatic amines is 1. The van der Waals surface area contributed by atoms with Crippen LogP contribution in [0.5, 0.6) is 0 Å². The number of aliphatic hydroxyl groups is 1. The summed E-state index contributed by atoms with van der Waals surface area (Å²) < 4.78 is 0. The second kappa shape index (κ2) is 4.07. The summed E-state index contributed by atoms with van der Waals surface area (Å²) in [5, 5.41) is 9.83. The molecule has 0 spiro atoms. The maximum Gasteiger partial charge on any atom is 0.108 e. The van der Waals surface area contributed by atoms with Crippen LogP contribution in [0.4, 0.5) is 0 Å². The van der Waals surface area contributed by atoms with Crippen LogP contribution in [0.2, 0.25) is 0 Å². The monoisotopic (exact) mass is 188 g/mol. The van der Waals surface area contributed by atoms with Crippen LogP contribution in [-0.2, 0) is 6.42 Å². The maximum atomic E-state index is 9.83. The van der Waals surface area contributed by atoms with E-state index in [9.17, 15) is 5.11 Å². The summed E-state index contributed by atoms with van der Waals surface area (Å²) in [5.41, 5.74) is 0.920. The van der Waals surface area contributed by atoms with Crippen LogP contribution < -0.4 is 0 Å². The van der Waals surface area contributed by atoms with Crippen molar-refractivity contribution in [3.63, 3.8) is 0 Å². The van der Waals surface area contributed by atoms with Crippen molar-refractivity contribution >= 4 is 0 Å². The van der Waals surface area contributed by atoms with Crippen molar-refractivity contribution in [2.45, 2.75) is 12.5 Å². The third-order valence-electron chi connectivity index (χ3n) is 2.13. The summed E-state index contributed by atoms with van der Waals surface area (Å²) >= 11 is 0. The second-order valence-electron chi connectivity index (χ2n) is 3.17. The first-order chi connectivity index (χ1) is 6.86. The van der Waals surface area contributed by atoms with Gasteiger partial charge in [0.2, 0.25) is 0 Å². The van der Waals surface area contributed by atoms with E-state index in [0.717, 1.165) is 11.4 Å². The molecular formula is C11H12N2O. The Morgan fingerprint density at radius 1 is 1.29 bits per heavy atom. The Morgan fingerprint density at radius 3 is 2.71 bits per heavy atom. The number of nitrogens with zero attached hydrogens (tertiary/aromatic N) is 1. The minimum Gasteiger partial charge on any atom is -0.388 e. The highest BCUT2D eigenvalue weighted by molar-refractivity contribution is 5.18. The Bertz CT molecular complexity index is 369. The molecule has 14 heavy (non-hydrogen) atoms. The van der Waals surface area contributed by atoms with Crippen LogP contribution in [0.1, 0.15) is 17.5 Å². The molecule has 2 N–H and O–H groups in total. The van der Waals surface area contributed by atoms with Crippen molar-refractivity contribution in [1.29, 1.82) is 0 Å². The summed E-state index contributed by atoms with van der Waals surface area (Å²) in [6.07, 6.45) is 3.49. The van der Waals surface area contributed by atoms with Gasteiger partial charge >= 0.3 is 0 Å². The van der Waals surface area contributed by atoms with E-state index < -0.39 is 6.10 Å². The van der Waals surface area contributed by atoms with Gasteiger partial charge in [-0.25, -0.2) is 4.98 Å². The lowest BCUT2D eigenvalue weighted by Crippen LogP contribution is -2.02. The number of hydrogen-bond acceptors (Lipinski definition) is 2. The number of imidazole rings is 1. The topological polar surface area (TPSA) is 48.9 Å². The van der Waals surface area contributed by atoms with Crippen molar-refractivity contribution in [2.24, 2.45) is 0 Å². The van der Waals surface area contributed by atoms with Crippen molar-refractivity contribution < 1.29 is 5.11 Å². The van der Waals surface area contributed by atoms with Gasteiger partial charge in [-0.1, -0.05) is 30.3 Å². The molecule has 3 nitrogen and oxygen atoms in total. The lowest BCUT2D eigenvalue weighted by molar-refractivity contribution is 0.176. The van der Waals surface area contributed by atoms with Crippen LogP contribution in [0, 0.1) is 0 Å². The summed E-state index contributed by atoms with van der Waals surface area (Å²) in [6, 6.07) is 9.59. The third-order valence-corrected chi connectivity index (χ3v) is 2.13. The summed E-state index contributed by atoms with van der Waals surface area (Å²) in [4.78, 5) is 7.03. The average Bonchev–Trinajstić information content (AvgIpc) is 2.72. The normalized spacial score (nSPS) is 12.6.